The second-order valence-electron chi connectivity index (χ2n) is 6.53. The summed E-state index contributed by atoms with van der Waals surface area (Å²) in [5, 5.41) is 3.11. The summed E-state index contributed by atoms with van der Waals surface area (Å²) in [5.41, 5.74) is 0.125. The van der Waals surface area contributed by atoms with Gasteiger partial charge >= 0.3 is 6.18 Å². The summed E-state index contributed by atoms with van der Waals surface area (Å²) in [6.45, 7) is 0.757. The number of fused-ring (bicyclic) bond motifs is 1. The van der Waals surface area contributed by atoms with Gasteiger partial charge in [-0.25, -0.2) is 19.9 Å². The summed E-state index contributed by atoms with van der Waals surface area (Å²) in [7, 11) is 1.23. The van der Waals surface area contributed by atoms with E-state index in [1.165, 1.54) is 13.4 Å². The second kappa shape index (κ2) is 9.51. The van der Waals surface area contributed by atoms with E-state index >= 15 is 0 Å². The molecule has 0 saturated carbocycles. The van der Waals surface area contributed by atoms with Gasteiger partial charge in [-0.1, -0.05) is 0 Å². The predicted molar refractivity (Wildman–Crippen MR) is 111 cm³/mol. The molecule has 12 heteroatoms. The molecule has 9 nitrogen and oxygen atoms in total. The molecule has 1 N–H and O–H groups in total. The minimum absolute atomic E-state index is 0.199. The SMILES string of the molecule is COc1cc(C(F)(F)F)cc(Oc2ccc(OCCNc3ncnc4nccnc34)cc2)n1. The van der Waals surface area contributed by atoms with E-state index < -0.39 is 11.7 Å². The first-order chi connectivity index (χ1) is 15.9. The van der Waals surface area contributed by atoms with Gasteiger partial charge in [0.15, 0.2) is 11.5 Å². The zero-order valence-corrected chi connectivity index (χ0v) is 17.2. The standard InChI is InChI=1S/C21H17F3N6O3/c1-31-16-10-13(21(22,23)24)11-17(30-16)33-15-4-2-14(3-5-15)32-9-8-27-20-18-19(28-12-29-20)26-7-6-25-18/h2-7,10-12H,8-9H2,1H3,(H,26,27,28,29). The number of ether oxygens (including phenoxy) is 3. The molecule has 0 atom stereocenters. The van der Waals surface area contributed by atoms with Crippen LogP contribution in [0.1, 0.15) is 5.56 Å². The van der Waals surface area contributed by atoms with Gasteiger partial charge in [0.2, 0.25) is 11.8 Å². The third-order valence-corrected chi connectivity index (χ3v) is 4.29. The molecule has 4 rings (SSSR count). The summed E-state index contributed by atoms with van der Waals surface area (Å²) in [5.74, 6) is 0.949. The summed E-state index contributed by atoms with van der Waals surface area (Å²) < 4.78 is 55.0. The van der Waals surface area contributed by atoms with Crippen LogP contribution in [-0.4, -0.2) is 45.2 Å². The van der Waals surface area contributed by atoms with Crippen LogP contribution in [0.25, 0.3) is 11.2 Å². The predicted octanol–water partition coefficient (Wildman–Crippen LogP) is 4.13. The minimum Gasteiger partial charge on any atom is -0.492 e. The Hall–Kier alpha value is -4.22. The van der Waals surface area contributed by atoms with Crippen molar-refractivity contribution >= 4 is 17.0 Å². The maximum Gasteiger partial charge on any atom is 0.416 e. The molecular weight excluding hydrogens is 441 g/mol. The second-order valence-corrected chi connectivity index (χ2v) is 6.53. The minimum atomic E-state index is -4.55. The quantitative estimate of drug-likeness (QED) is 0.390. The molecule has 0 radical (unpaired) electrons. The number of halogens is 3. The fourth-order valence-electron chi connectivity index (χ4n) is 2.79. The highest BCUT2D eigenvalue weighted by molar-refractivity contribution is 5.81. The summed E-state index contributed by atoms with van der Waals surface area (Å²) in [4.78, 5) is 20.4. The van der Waals surface area contributed by atoms with Gasteiger partial charge in [0, 0.05) is 24.5 Å². The number of nitrogens with one attached hydrogen (secondary N) is 1. The lowest BCUT2D eigenvalue weighted by Gasteiger charge is -2.12. The van der Waals surface area contributed by atoms with Crippen LogP contribution in [0.3, 0.4) is 0 Å². The molecule has 3 heterocycles. The smallest absolute Gasteiger partial charge is 0.416 e. The Labute approximate surface area is 185 Å². The van der Waals surface area contributed by atoms with E-state index in [2.05, 4.69) is 30.2 Å². The van der Waals surface area contributed by atoms with E-state index in [9.17, 15) is 13.2 Å². The highest BCUT2D eigenvalue weighted by Crippen LogP contribution is 2.34. The first-order valence-electron chi connectivity index (χ1n) is 9.62. The van der Waals surface area contributed by atoms with Crippen molar-refractivity contribution in [1.29, 1.82) is 0 Å². The summed E-state index contributed by atoms with van der Waals surface area (Å²) in [6.07, 6.45) is -0.0460. The topological polar surface area (TPSA) is 104 Å². The lowest BCUT2D eigenvalue weighted by molar-refractivity contribution is -0.137. The maximum absolute atomic E-state index is 13.0. The number of anilines is 1. The Morgan fingerprint density at radius 1 is 0.909 bits per heavy atom. The highest BCUT2D eigenvalue weighted by Gasteiger charge is 2.32. The molecule has 0 fully saturated rings. The van der Waals surface area contributed by atoms with Crippen molar-refractivity contribution in [3.63, 3.8) is 0 Å². The summed E-state index contributed by atoms with van der Waals surface area (Å²) >= 11 is 0. The third kappa shape index (κ3) is 5.53. The molecular formula is C21H17F3N6O3. The van der Waals surface area contributed by atoms with Crippen LogP contribution < -0.4 is 19.5 Å². The molecule has 1 aromatic carbocycles. The van der Waals surface area contributed by atoms with Crippen LogP contribution >= 0.6 is 0 Å². The van der Waals surface area contributed by atoms with Gasteiger partial charge in [-0.05, 0) is 24.3 Å². The number of hydrogen-bond acceptors (Lipinski definition) is 9. The number of methoxy groups -OCH3 is 1. The first-order valence-corrected chi connectivity index (χ1v) is 9.62. The van der Waals surface area contributed by atoms with Gasteiger partial charge in [0.05, 0.1) is 19.2 Å². The van der Waals surface area contributed by atoms with E-state index in [1.54, 1.807) is 36.7 Å². The molecule has 0 unspecified atom stereocenters. The van der Waals surface area contributed by atoms with Crippen molar-refractivity contribution in [2.24, 2.45) is 0 Å². The van der Waals surface area contributed by atoms with Crippen LogP contribution in [0.15, 0.2) is 55.1 Å². The lowest BCUT2D eigenvalue weighted by Crippen LogP contribution is -2.13. The Kier molecular flexibility index (Phi) is 6.33. The molecule has 0 amide bonds. The number of nitrogens with zero attached hydrogens (tertiary/aromatic N) is 5. The molecule has 0 spiro atoms. The normalized spacial score (nSPS) is 11.3. The lowest BCUT2D eigenvalue weighted by atomic mass is 10.2. The van der Waals surface area contributed by atoms with Crippen molar-refractivity contribution < 1.29 is 27.4 Å². The van der Waals surface area contributed by atoms with Crippen LogP contribution in [0.2, 0.25) is 0 Å². The number of aromatic nitrogens is 5. The van der Waals surface area contributed by atoms with Crippen molar-refractivity contribution in [2.75, 3.05) is 25.6 Å². The van der Waals surface area contributed by atoms with Crippen LogP contribution in [-0.2, 0) is 6.18 Å². The molecule has 33 heavy (non-hydrogen) atoms. The molecule has 4 aromatic rings. The molecule has 3 aromatic heterocycles. The van der Waals surface area contributed by atoms with E-state index in [0.29, 0.717) is 41.6 Å². The number of alkyl halides is 3. The average molecular weight is 458 g/mol. The van der Waals surface area contributed by atoms with E-state index in [0.717, 1.165) is 12.1 Å². The first kappa shape index (κ1) is 22.0. The highest BCUT2D eigenvalue weighted by atomic mass is 19.4. The number of benzene rings is 1. The van der Waals surface area contributed by atoms with Crippen LogP contribution in [0.4, 0.5) is 19.0 Å². The molecule has 0 bridgehead atoms. The summed E-state index contributed by atoms with van der Waals surface area (Å²) in [6, 6.07) is 7.99. The zero-order chi connectivity index (χ0) is 23.3. The third-order valence-electron chi connectivity index (χ3n) is 4.29. The molecule has 0 saturated heterocycles. The number of pyridine rings is 1. The average Bonchev–Trinajstić information content (AvgIpc) is 2.82. The molecule has 0 aliphatic rings. The van der Waals surface area contributed by atoms with Gasteiger partial charge in [0.25, 0.3) is 0 Å². The largest absolute Gasteiger partial charge is 0.492 e. The van der Waals surface area contributed by atoms with Gasteiger partial charge in [-0.3, -0.25) is 0 Å². The Morgan fingerprint density at radius 2 is 1.64 bits per heavy atom. The van der Waals surface area contributed by atoms with E-state index in [-0.39, 0.29) is 11.8 Å². The van der Waals surface area contributed by atoms with Gasteiger partial charge in [0.1, 0.15) is 29.9 Å². The van der Waals surface area contributed by atoms with Gasteiger partial charge in [-0.15, -0.1) is 0 Å². The molecule has 0 aliphatic carbocycles. The van der Waals surface area contributed by atoms with Crippen molar-refractivity contribution in [3.05, 3.63) is 60.7 Å². The Bertz CT molecular complexity index is 1230. The Balaban J connectivity index is 1.33. The number of hydrogen-bond donors (Lipinski definition) is 1. The van der Waals surface area contributed by atoms with Crippen molar-refractivity contribution in [3.8, 4) is 23.3 Å². The van der Waals surface area contributed by atoms with Crippen molar-refractivity contribution in [1.82, 2.24) is 24.9 Å². The van der Waals surface area contributed by atoms with E-state index in [4.69, 9.17) is 14.2 Å². The monoisotopic (exact) mass is 458 g/mol. The fourth-order valence-corrected chi connectivity index (χ4v) is 2.79. The van der Waals surface area contributed by atoms with E-state index in [1.807, 2.05) is 0 Å². The fraction of sp³-hybridized carbons (Fsp3) is 0.190. The molecule has 0 aliphatic heterocycles. The van der Waals surface area contributed by atoms with Crippen molar-refractivity contribution in [2.45, 2.75) is 6.18 Å². The van der Waals surface area contributed by atoms with Gasteiger partial charge < -0.3 is 19.5 Å². The van der Waals surface area contributed by atoms with Crippen LogP contribution in [0.5, 0.6) is 23.3 Å². The zero-order valence-electron chi connectivity index (χ0n) is 17.2. The molecule has 170 valence electrons. The Morgan fingerprint density at radius 3 is 2.39 bits per heavy atom. The van der Waals surface area contributed by atoms with Gasteiger partial charge in [-0.2, -0.15) is 18.2 Å². The number of rotatable bonds is 8. The van der Waals surface area contributed by atoms with Crippen LogP contribution in [0, 0.1) is 0 Å². The maximum atomic E-state index is 13.0.